The molecule has 1 atom stereocenters. The molecule has 132 valence electrons. The molecule has 0 saturated carbocycles. The predicted octanol–water partition coefficient (Wildman–Crippen LogP) is 4.41. The number of rotatable bonds is 7. The van der Waals surface area contributed by atoms with Crippen LogP contribution < -0.4 is 10.1 Å². The topological polar surface area (TPSA) is 64.1 Å². The summed E-state index contributed by atoms with van der Waals surface area (Å²) in [6, 6.07) is 5.80. The van der Waals surface area contributed by atoms with E-state index < -0.39 is 0 Å². The van der Waals surface area contributed by atoms with Gasteiger partial charge >= 0.3 is 6.01 Å². The van der Waals surface area contributed by atoms with E-state index in [2.05, 4.69) is 22.2 Å². The molecule has 0 radical (unpaired) electrons. The number of ether oxygens (including phenoxy) is 1. The molecular weight excluding hydrogens is 338 g/mol. The zero-order valence-electron chi connectivity index (χ0n) is 14.6. The Morgan fingerprint density at radius 1 is 1.36 bits per heavy atom. The number of carbonyl (C=O) groups excluding carboxylic acids is 1. The Morgan fingerprint density at radius 2 is 2.08 bits per heavy atom. The molecule has 1 amide bonds. The number of benzene rings is 1. The molecule has 1 aromatic heterocycles. The van der Waals surface area contributed by atoms with E-state index in [1.54, 1.807) is 18.5 Å². The Labute approximate surface area is 153 Å². The summed E-state index contributed by atoms with van der Waals surface area (Å²) >= 11 is 6.25. The summed E-state index contributed by atoms with van der Waals surface area (Å²) in [6.07, 6.45) is 9.01. The zero-order valence-corrected chi connectivity index (χ0v) is 15.4. The van der Waals surface area contributed by atoms with Crippen molar-refractivity contribution in [2.24, 2.45) is 0 Å². The highest BCUT2D eigenvalue weighted by Gasteiger charge is 2.05. The fraction of sp³-hybridized carbons (Fsp3) is 0.316. The average molecular weight is 360 g/mol. The number of hydrogen-bond donors (Lipinski definition) is 1. The van der Waals surface area contributed by atoms with Crippen molar-refractivity contribution >= 4 is 23.6 Å². The monoisotopic (exact) mass is 359 g/mol. The van der Waals surface area contributed by atoms with E-state index in [-0.39, 0.29) is 18.0 Å². The van der Waals surface area contributed by atoms with Crippen molar-refractivity contribution < 1.29 is 9.53 Å². The lowest BCUT2D eigenvalue weighted by Gasteiger charge is -2.08. The number of halogens is 1. The van der Waals surface area contributed by atoms with Gasteiger partial charge in [0.05, 0.1) is 0 Å². The SMILES string of the molecule is CCCc1ccc(Oc2ncc(/C=C/[C@H](C)NC(C)=O)cn2)cc1Cl. The molecule has 1 aromatic carbocycles. The second kappa shape index (κ2) is 9.18. The molecule has 0 aliphatic rings. The number of aryl methyl sites for hydroxylation is 1. The van der Waals surface area contributed by atoms with Crippen LogP contribution in [0.3, 0.4) is 0 Å². The molecule has 1 heterocycles. The highest BCUT2D eigenvalue weighted by molar-refractivity contribution is 6.31. The van der Waals surface area contributed by atoms with E-state index in [0.717, 1.165) is 24.0 Å². The van der Waals surface area contributed by atoms with Crippen LogP contribution in [-0.4, -0.2) is 21.9 Å². The molecule has 0 aliphatic heterocycles. The molecule has 0 saturated heterocycles. The van der Waals surface area contributed by atoms with Crippen LogP contribution in [0.1, 0.15) is 38.3 Å². The maximum Gasteiger partial charge on any atom is 0.321 e. The third kappa shape index (κ3) is 6.19. The number of amides is 1. The lowest BCUT2D eigenvalue weighted by Crippen LogP contribution is -2.28. The van der Waals surface area contributed by atoms with Crippen molar-refractivity contribution in [2.45, 2.75) is 39.7 Å². The van der Waals surface area contributed by atoms with Crippen molar-refractivity contribution in [3.05, 3.63) is 52.8 Å². The molecule has 2 rings (SSSR count). The molecule has 5 nitrogen and oxygen atoms in total. The maximum atomic E-state index is 11.0. The largest absolute Gasteiger partial charge is 0.424 e. The van der Waals surface area contributed by atoms with Crippen LogP contribution in [0.15, 0.2) is 36.7 Å². The summed E-state index contributed by atoms with van der Waals surface area (Å²) in [5, 5.41) is 3.46. The van der Waals surface area contributed by atoms with Crippen LogP contribution in [0, 0.1) is 0 Å². The first kappa shape index (κ1) is 18.9. The third-order valence-corrected chi connectivity index (χ3v) is 3.76. The van der Waals surface area contributed by atoms with E-state index in [4.69, 9.17) is 16.3 Å². The fourth-order valence-electron chi connectivity index (χ4n) is 2.26. The molecule has 25 heavy (non-hydrogen) atoms. The summed E-state index contributed by atoms with van der Waals surface area (Å²) in [5.74, 6) is 0.535. The molecule has 0 aliphatic carbocycles. The first-order valence-corrected chi connectivity index (χ1v) is 8.59. The van der Waals surface area contributed by atoms with Crippen LogP contribution in [0.2, 0.25) is 5.02 Å². The van der Waals surface area contributed by atoms with Gasteiger partial charge in [-0.25, -0.2) is 9.97 Å². The van der Waals surface area contributed by atoms with Gasteiger partial charge in [-0.3, -0.25) is 4.79 Å². The summed E-state index contributed by atoms with van der Waals surface area (Å²) in [6.45, 7) is 5.49. The lowest BCUT2D eigenvalue weighted by atomic mass is 10.1. The van der Waals surface area contributed by atoms with Crippen LogP contribution in [0.5, 0.6) is 11.8 Å². The van der Waals surface area contributed by atoms with Crippen molar-refractivity contribution in [3.8, 4) is 11.8 Å². The Morgan fingerprint density at radius 3 is 2.68 bits per heavy atom. The summed E-state index contributed by atoms with van der Waals surface area (Å²) < 4.78 is 5.64. The van der Waals surface area contributed by atoms with Gasteiger partial charge in [0, 0.05) is 35.9 Å². The van der Waals surface area contributed by atoms with Gasteiger partial charge in [0.15, 0.2) is 0 Å². The minimum atomic E-state index is -0.0687. The molecule has 2 aromatic rings. The minimum Gasteiger partial charge on any atom is -0.424 e. The van der Waals surface area contributed by atoms with E-state index in [1.165, 1.54) is 6.92 Å². The first-order valence-electron chi connectivity index (χ1n) is 8.21. The summed E-state index contributed by atoms with van der Waals surface area (Å²) in [7, 11) is 0. The second-order valence-corrected chi connectivity index (χ2v) is 6.16. The fourth-order valence-corrected chi connectivity index (χ4v) is 2.52. The van der Waals surface area contributed by atoms with Crippen LogP contribution >= 0.6 is 11.6 Å². The average Bonchev–Trinajstić information content (AvgIpc) is 2.56. The molecule has 0 bridgehead atoms. The van der Waals surface area contributed by atoms with Gasteiger partial charge in [-0.15, -0.1) is 0 Å². The number of carbonyl (C=O) groups is 1. The van der Waals surface area contributed by atoms with E-state index >= 15 is 0 Å². The Hall–Kier alpha value is -2.40. The summed E-state index contributed by atoms with van der Waals surface area (Å²) in [5.41, 5.74) is 1.92. The number of nitrogens with zero attached hydrogens (tertiary/aromatic N) is 2. The smallest absolute Gasteiger partial charge is 0.321 e. The van der Waals surface area contributed by atoms with Gasteiger partial charge in [0.1, 0.15) is 5.75 Å². The Bertz CT molecular complexity index is 745. The standard InChI is InChI=1S/C19H22ClN3O2/c1-4-5-16-8-9-17(10-18(16)20)25-19-21-11-15(12-22-19)7-6-13(2)23-14(3)24/h6-13H,4-5H2,1-3H3,(H,23,24)/b7-6+/t13-/m0/s1. The third-order valence-electron chi connectivity index (χ3n) is 3.41. The molecule has 1 N–H and O–H groups in total. The van der Waals surface area contributed by atoms with Crippen molar-refractivity contribution in [1.82, 2.24) is 15.3 Å². The van der Waals surface area contributed by atoms with Crippen molar-refractivity contribution in [1.29, 1.82) is 0 Å². The number of aromatic nitrogens is 2. The van der Waals surface area contributed by atoms with Crippen LogP contribution in [-0.2, 0) is 11.2 Å². The number of hydrogen-bond acceptors (Lipinski definition) is 4. The van der Waals surface area contributed by atoms with Gasteiger partial charge in [-0.05, 0) is 31.0 Å². The second-order valence-electron chi connectivity index (χ2n) is 5.75. The highest BCUT2D eigenvalue weighted by atomic mass is 35.5. The maximum absolute atomic E-state index is 11.0. The van der Waals surface area contributed by atoms with Crippen LogP contribution in [0.4, 0.5) is 0 Å². The quantitative estimate of drug-likeness (QED) is 0.795. The van der Waals surface area contributed by atoms with Crippen molar-refractivity contribution in [2.75, 3.05) is 0 Å². The van der Waals surface area contributed by atoms with Gasteiger partial charge in [0.2, 0.25) is 5.91 Å². The van der Waals surface area contributed by atoms with Crippen LogP contribution in [0.25, 0.3) is 6.08 Å². The molecule has 0 unspecified atom stereocenters. The van der Waals surface area contributed by atoms with E-state index in [1.807, 2.05) is 31.2 Å². The lowest BCUT2D eigenvalue weighted by molar-refractivity contribution is -0.119. The molecule has 0 fully saturated rings. The zero-order chi connectivity index (χ0) is 18.2. The van der Waals surface area contributed by atoms with E-state index in [9.17, 15) is 4.79 Å². The summed E-state index contributed by atoms with van der Waals surface area (Å²) in [4.78, 5) is 19.3. The van der Waals surface area contributed by atoms with Gasteiger partial charge in [-0.2, -0.15) is 0 Å². The van der Waals surface area contributed by atoms with E-state index in [0.29, 0.717) is 10.8 Å². The molecular formula is C19H22ClN3O2. The Balaban J connectivity index is 1.99. The van der Waals surface area contributed by atoms with Crippen molar-refractivity contribution in [3.63, 3.8) is 0 Å². The number of nitrogens with one attached hydrogen (secondary N) is 1. The minimum absolute atomic E-state index is 0.0581. The highest BCUT2D eigenvalue weighted by Crippen LogP contribution is 2.26. The normalized spacial score (nSPS) is 12.2. The molecule has 6 heteroatoms. The van der Waals surface area contributed by atoms with Gasteiger partial charge < -0.3 is 10.1 Å². The van der Waals surface area contributed by atoms with Gasteiger partial charge in [0.25, 0.3) is 0 Å². The molecule has 0 spiro atoms. The predicted molar refractivity (Wildman–Crippen MR) is 99.9 cm³/mol. The first-order chi connectivity index (χ1) is 12.0. The van der Waals surface area contributed by atoms with Gasteiger partial charge in [-0.1, -0.05) is 43.2 Å². The Kier molecular flexibility index (Phi) is 6.95.